The van der Waals surface area contributed by atoms with Crippen molar-refractivity contribution >= 4 is 18.0 Å². The first-order chi connectivity index (χ1) is 13.5. The molecule has 1 amide bonds. The van der Waals surface area contributed by atoms with E-state index in [2.05, 4.69) is 11.4 Å². The molecule has 6 nitrogen and oxygen atoms in total. The van der Waals surface area contributed by atoms with E-state index in [0.29, 0.717) is 23.6 Å². The van der Waals surface area contributed by atoms with Crippen LogP contribution >= 0.6 is 0 Å². The van der Waals surface area contributed by atoms with Gasteiger partial charge in [0.2, 0.25) is 0 Å². The highest BCUT2D eigenvalue weighted by Gasteiger charge is 2.16. The van der Waals surface area contributed by atoms with Crippen molar-refractivity contribution < 1.29 is 23.8 Å². The maximum atomic E-state index is 12.1. The number of amides is 1. The van der Waals surface area contributed by atoms with E-state index in [9.17, 15) is 9.59 Å². The molecule has 0 spiro atoms. The predicted octanol–water partition coefficient (Wildman–Crippen LogP) is 3.66. The molecule has 0 aromatic heterocycles. The van der Waals surface area contributed by atoms with Crippen molar-refractivity contribution in [2.45, 2.75) is 45.1 Å². The minimum absolute atomic E-state index is 0.291. The maximum Gasteiger partial charge on any atom is 0.331 e. The molecule has 0 aliphatic heterocycles. The van der Waals surface area contributed by atoms with Crippen molar-refractivity contribution in [2.24, 2.45) is 0 Å². The van der Waals surface area contributed by atoms with Crippen LogP contribution in [0, 0.1) is 0 Å². The molecule has 152 valence electrons. The Hall–Kier alpha value is -2.76. The van der Waals surface area contributed by atoms with Crippen LogP contribution in [-0.2, 0) is 14.3 Å². The molecule has 28 heavy (non-hydrogen) atoms. The van der Waals surface area contributed by atoms with Crippen LogP contribution in [0.1, 0.15) is 44.6 Å². The summed E-state index contributed by atoms with van der Waals surface area (Å²) >= 11 is 0. The average Bonchev–Trinajstić information content (AvgIpc) is 2.72. The number of hydrogen-bond acceptors (Lipinski definition) is 5. The van der Waals surface area contributed by atoms with E-state index in [-0.39, 0.29) is 5.91 Å². The van der Waals surface area contributed by atoms with Crippen molar-refractivity contribution in [1.82, 2.24) is 5.32 Å². The van der Waals surface area contributed by atoms with E-state index in [1.165, 1.54) is 24.5 Å². The first-order valence-electron chi connectivity index (χ1n) is 9.60. The third-order valence-corrected chi connectivity index (χ3v) is 4.63. The quantitative estimate of drug-likeness (QED) is 0.398. The Labute approximate surface area is 166 Å². The summed E-state index contributed by atoms with van der Waals surface area (Å²) in [4.78, 5) is 24.1. The molecule has 1 aromatic carbocycles. The number of hydrogen-bond donors (Lipinski definition) is 1. The van der Waals surface area contributed by atoms with Crippen LogP contribution in [0.5, 0.6) is 11.5 Å². The van der Waals surface area contributed by atoms with E-state index in [1.54, 1.807) is 45.4 Å². The highest BCUT2D eigenvalue weighted by atomic mass is 16.5. The summed E-state index contributed by atoms with van der Waals surface area (Å²) in [6.07, 6.45) is 9.83. The number of esters is 1. The van der Waals surface area contributed by atoms with Crippen LogP contribution < -0.4 is 14.8 Å². The van der Waals surface area contributed by atoms with Crippen molar-refractivity contribution in [3.8, 4) is 11.5 Å². The number of benzene rings is 1. The Morgan fingerprint density at radius 3 is 2.71 bits per heavy atom. The summed E-state index contributed by atoms with van der Waals surface area (Å²) in [6.45, 7) is 2.13. The molecule has 1 N–H and O–H groups in total. The van der Waals surface area contributed by atoms with Crippen molar-refractivity contribution in [3.05, 3.63) is 41.5 Å². The Balaban J connectivity index is 1.80. The molecule has 0 saturated heterocycles. The van der Waals surface area contributed by atoms with Gasteiger partial charge in [-0.2, -0.15) is 0 Å². The first kappa shape index (κ1) is 21.5. The molecule has 1 aliphatic carbocycles. The minimum Gasteiger partial charge on any atom is -0.497 e. The van der Waals surface area contributed by atoms with Gasteiger partial charge in [0.15, 0.2) is 6.10 Å². The molecule has 0 fully saturated rings. The van der Waals surface area contributed by atoms with Gasteiger partial charge in [0.25, 0.3) is 5.91 Å². The number of methoxy groups -OCH3 is 2. The topological polar surface area (TPSA) is 73.9 Å². The summed E-state index contributed by atoms with van der Waals surface area (Å²) < 4.78 is 15.6. The standard InChI is InChI=1S/C22H29NO5/c1-16(22(25)23-14-13-17-7-5-4-6-8-17)28-21(24)12-10-18-9-11-19(26-2)15-20(18)27-3/h7,9-12,15-16H,4-6,8,13-14H2,1-3H3,(H,23,25)/b12-10+/t16-/m0/s1. The average molecular weight is 387 g/mol. The zero-order valence-electron chi connectivity index (χ0n) is 16.8. The molecule has 0 heterocycles. The Bertz CT molecular complexity index is 738. The molecular weight excluding hydrogens is 358 g/mol. The smallest absolute Gasteiger partial charge is 0.331 e. The fourth-order valence-corrected chi connectivity index (χ4v) is 3.00. The van der Waals surface area contributed by atoms with Crippen LogP contribution in [0.2, 0.25) is 0 Å². The van der Waals surface area contributed by atoms with Crippen molar-refractivity contribution in [3.63, 3.8) is 0 Å². The third-order valence-electron chi connectivity index (χ3n) is 4.63. The lowest BCUT2D eigenvalue weighted by molar-refractivity contribution is -0.150. The van der Waals surface area contributed by atoms with Gasteiger partial charge in [0, 0.05) is 24.3 Å². The number of carbonyl (C=O) groups excluding carboxylic acids is 2. The van der Waals surface area contributed by atoms with Gasteiger partial charge in [-0.3, -0.25) is 4.79 Å². The minimum atomic E-state index is -0.852. The van der Waals surface area contributed by atoms with Gasteiger partial charge < -0.3 is 19.5 Å². The van der Waals surface area contributed by atoms with Gasteiger partial charge in [0.1, 0.15) is 11.5 Å². The zero-order valence-corrected chi connectivity index (χ0v) is 16.8. The van der Waals surface area contributed by atoms with Gasteiger partial charge in [-0.05, 0) is 57.2 Å². The van der Waals surface area contributed by atoms with Crippen LogP contribution in [0.25, 0.3) is 6.08 Å². The third kappa shape index (κ3) is 6.76. The lowest BCUT2D eigenvalue weighted by Gasteiger charge is -2.15. The van der Waals surface area contributed by atoms with E-state index in [4.69, 9.17) is 14.2 Å². The van der Waals surface area contributed by atoms with Gasteiger partial charge in [-0.15, -0.1) is 0 Å². The molecular formula is C22H29NO5. The molecule has 1 aromatic rings. The molecule has 0 bridgehead atoms. The Morgan fingerprint density at radius 2 is 2.04 bits per heavy atom. The monoisotopic (exact) mass is 387 g/mol. The lowest BCUT2D eigenvalue weighted by Crippen LogP contribution is -2.36. The van der Waals surface area contributed by atoms with Crippen LogP contribution in [0.15, 0.2) is 35.9 Å². The first-order valence-corrected chi connectivity index (χ1v) is 9.60. The lowest BCUT2D eigenvalue weighted by atomic mass is 9.97. The number of carbonyl (C=O) groups is 2. The number of allylic oxidation sites excluding steroid dienone is 1. The molecule has 0 saturated carbocycles. The van der Waals surface area contributed by atoms with E-state index >= 15 is 0 Å². The molecule has 1 atom stereocenters. The number of nitrogens with one attached hydrogen (secondary N) is 1. The van der Waals surface area contributed by atoms with Gasteiger partial charge >= 0.3 is 5.97 Å². The molecule has 6 heteroatoms. The van der Waals surface area contributed by atoms with Gasteiger partial charge in [-0.1, -0.05) is 11.6 Å². The van der Waals surface area contributed by atoms with Gasteiger partial charge in [-0.25, -0.2) is 4.79 Å². The highest BCUT2D eigenvalue weighted by Crippen LogP contribution is 2.25. The number of ether oxygens (including phenoxy) is 3. The largest absolute Gasteiger partial charge is 0.497 e. The highest BCUT2D eigenvalue weighted by molar-refractivity contribution is 5.90. The van der Waals surface area contributed by atoms with E-state index in [0.717, 1.165) is 19.3 Å². The summed E-state index contributed by atoms with van der Waals surface area (Å²) in [5.41, 5.74) is 2.10. The summed E-state index contributed by atoms with van der Waals surface area (Å²) in [5, 5.41) is 2.82. The van der Waals surface area contributed by atoms with Gasteiger partial charge in [0.05, 0.1) is 14.2 Å². The predicted molar refractivity (Wildman–Crippen MR) is 108 cm³/mol. The zero-order chi connectivity index (χ0) is 20.4. The van der Waals surface area contributed by atoms with E-state index < -0.39 is 12.1 Å². The van der Waals surface area contributed by atoms with Crippen LogP contribution in [0.4, 0.5) is 0 Å². The van der Waals surface area contributed by atoms with Crippen molar-refractivity contribution in [1.29, 1.82) is 0 Å². The second-order valence-corrected chi connectivity index (χ2v) is 6.67. The molecule has 0 radical (unpaired) electrons. The van der Waals surface area contributed by atoms with Crippen LogP contribution in [-0.4, -0.2) is 38.7 Å². The Kier molecular flexibility index (Phi) is 8.59. The Morgan fingerprint density at radius 1 is 1.21 bits per heavy atom. The summed E-state index contributed by atoms with van der Waals surface area (Å²) in [7, 11) is 3.11. The molecule has 0 unspecified atom stereocenters. The maximum absolute atomic E-state index is 12.1. The van der Waals surface area contributed by atoms with Crippen LogP contribution in [0.3, 0.4) is 0 Å². The normalized spacial score (nSPS) is 14.9. The second-order valence-electron chi connectivity index (χ2n) is 6.67. The fraction of sp³-hybridized carbons (Fsp3) is 0.455. The fourth-order valence-electron chi connectivity index (χ4n) is 3.00. The van der Waals surface area contributed by atoms with Crippen molar-refractivity contribution in [2.75, 3.05) is 20.8 Å². The summed E-state index contributed by atoms with van der Waals surface area (Å²) in [5.74, 6) is 0.354. The molecule has 1 aliphatic rings. The molecule has 2 rings (SSSR count). The second kappa shape index (κ2) is 11.2. The summed E-state index contributed by atoms with van der Waals surface area (Å²) in [6, 6.07) is 5.27. The SMILES string of the molecule is COc1ccc(/C=C/C(=O)O[C@@H](C)C(=O)NCCC2=CCCCC2)c(OC)c1. The van der Waals surface area contributed by atoms with E-state index in [1.807, 2.05) is 0 Å². The number of rotatable bonds is 9.